The number of nitrogens with zero attached hydrogens (tertiary/aromatic N) is 1. The van der Waals surface area contributed by atoms with Crippen molar-refractivity contribution < 1.29 is 22.3 Å². The topological polar surface area (TPSA) is 99.8 Å². The maximum Gasteiger partial charge on any atom is 0.419 e. The molecule has 26 heavy (non-hydrogen) atoms. The number of fused-ring (bicyclic) bond motifs is 1. The fraction of sp³-hybridized carbons (Fsp3) is 0.235. The van der Waals surface area contributed by atoms with E-state index in [1.807, 2.05) is 0 Å². The van der Waals surface area contributed by atoms with E-state index < -0.39 is 15.8 Å². The van der Waals surface area contributed by atoms with Crippen LogP contribution in [0.3, 0.4) is 0 Å². The largest absolute Gasteiger partial charge is 0.497 e. The first-order valence-electron chi connectivity index (χ1n) is 7.61. The average molecular weight is 378 g/mol. The van der Waals surface area contributed by atoms with E-state index in [2.05, 4.69) is 4.72 Å². The number of hydrogen-bond acceptors (Lipinski definition) is 6. The molecule has 0 spiro atoms. The third-order valence-corrected chi connectivity index (χ3v) is 5.51. The minimum atomic E-state index is -3.91. The lowest BCUT2D eigenvalue weighted by Crippen LogP contribution is -2.15. The van der Waals surface area contributed by atoms with Crippen LogP contribution >= 0.6 is 0 Å². The molecule has 3 rings (SSSR count). The van der Waals surface area contributed by atoms with Crippen molar-refractivity contribution in [2.45, 2.75) is 11.8 Å². The Kier molecular flexibility index (Phi) is 4.41. The molecule has 0 saturated carbocycles. The fourth-order valence-electron chi connectivity index (χ4n) is 2.62. The molecule has 0 radical (unpaired) electrons. The van der Waals surface area contributed by atoms with Crippen LogP contribution in [0.25, 0.3) is 11.1 Å². The first-order valence-corrected chi connectivity index (χ1v) is 9.09. The van der Waals surface area contributed by atoms with Gasteiger partial charge in [0.05, 0.1) is 30.3 Å². The van der Waals surface area contributed by atoms with Gasteiger partial charge in [0.15, 0.2) is 5.58 Å². The molecule has 2 aromatic carbocycles. The highest BCUT2D eigenvalue weighted by atomic mass is 32.2. The van der Waals surface area contributed by atoms with E-state index in [4.69, 9.17) is 13.9 Å². The van der Waals surface area contributed by atoms with Gasteiger partial charge in [0.1, 0.15) is 11.5 Å². The zero-order chi connectivity index (χ0) is 19.1. The number of benzene rings is 2. The molecule has 138 valence electrons. The van der Waals surface area contributed by atoms with Crippen molar-refractivity contribution >= 4 is 26.8 Å². The zero-order valence-corrected chi connectivity index (χ0v) is 15.5. The summed E-state index contributed by atoms with van der Waals surface area (Å²) in [4.78, 5) is 11.7. The van der Waals surface area contributed by atoms with E-state index in [1.54, 1.807) is 25.1 Å². The van der Waals surface area contributed by atoms with Gasteiger partial charge in [-0.25, -0.2) is 13.2 Å². The maximum absolute atomic E-state index is 12.9. The number of aromatic nitrogens is 1. The molecule has 3 aromatic rings. The number of aryl methyl sites for hydroxylation is 2. The molecule has 8 nitrogen and oxygen atoms in total. The molecule has 0 fully saturated rings. The monoisotopic (exact) mass is 378 g/mol. The van der Waals surface area contributed by atoms with Gasteiger partial charge in [0.2, 0.25) is 0 Å². The van der Waals surface area contributed by atoms with Gasteiger partial charge in [-0.1, -0.05) is 0 Å². The zero-order valence-electron chi connectivity index (χ0n) is 14.7. The highest BCUT2D eigenvalue weighted by Crippen LogP contribution is 2.29. The normalized spacial score (nSPS) is 11.5. The standard InChI is InChI=1S/C17H18N2O6S/c1-10-5-15-14(19(2)17(20)25-15)9-16(10)26(21,22)18-11-6-12(23-3)8-13(7-11)24-4/h5-9,18H,1-4H3. The molecule has 1 heterocycles. The lowest BCUT2D eigenvalue weighted by Gasteiger charge is -2.13. The van der Waals surface area contributed by atoms with Crippen molar-refractivity contribution in [1.82, 2.24) is 4.57 Å². The summed E-state index contributed by atoms with van der Waals surface area (Å²) < 4.78 is 44.9. The molecule has 1 aromatic heterocycles. The molecule has 0 aliphatic heterocycles. The number of oxazole rings is 1. The fourth-order valence-corrected chi connectivity index (χ4v) is 3.91. The van der Waals surface area contributed by atoms with Crippen molar-refractivity contribution in [2.24, 2.45) is 7.05 Å². The molecule has 0 atom stereocenters. The predicted octanol–water partition coefficient (Wildman–Crippen LogP) is 2.26. The average Bonchev–Trinajstić information content (AvgIpc) is 2.86. The van der Waals surface area contributed by atoms with Gasteiger partial charge in [-0.05, 0) is 24.6 Å². The summed E-state index contributed by atoms with van der Waals surface area (Å²) >= 11 is 0. The van der Waals surface area contributed by atoms with E-state index in [-0.39, 0.29) is 4.90 Å². The Hall–Kier alpha value is -2.94. The third-order valence-electron chi connectivity index (χ3n) is 3.98. The molecule has 0 bridgehead atoms. The van der Waals surface area contributed by atoms with Crippen LogP contribution < -0.4 is 20.0 Å². The first-order chi connectivity index (χ1) is 12.2. The Morgan fingerprint density at radius 1 is 1.04 bits per heavy atom. The summed E-state index contributed by atoms with van der Waals surface area (Å²) in [6, 6.07) is 7.66. The Morgan fingerprint density at radius 2 is 1.65 bits per heavy atom. The van der Waals surface area contributed by atoms with Crippen LogP contribution in [0.15, 0.2) is 44.4 Å². The molecule has 0 aliphatic rings. The van der Waals surface area contributed by atoms with Crippen LogP contribution in [0, 0.1) is 6.92 Å². The van der Waals surface area contributed by atoms with Crippen LogP contribution in [0.4, 0.5) is 5.69 Å². The Balaban J connectivity index is 2.08. The van der Waals surface area contributed by atoms with Gasteiger partial charge >= 0.3 is 5.76 Å². The maximum atomic E-state index is 12.9. The molecule has 0 aliphatic carbocycles. The molecule has 9 heteroatoms. The molecule has 0 saturated heterocycles. The lowest BCUT2D eigenvalue weighted by molar-refractivity contribution is 0.395. The molecule has 0 amide bonds. The summed E-state index contributed by atoms with van der Waals surface area (Å²) in [6.07, 6.45) is 0. The first kappa shape index (κ1) is 17.9. The van der Waals surface area contributed by atoms with Crippen LogP contribution in [0.1, 0.15) is 5.56 Å². The Labute approximate surface area is 150 Å². The summed E-state index contributed by atoms with van der Waals surface area (Å²) in [7, 11) is 0.557. The van der Waals surface area contributed by atoms with Crippen LogP contribution in [0.2, 0.25) is 0 Å². The van der Waals surface area contributed by atoms with Gasteiger partial charge in [-0.15, -0.1) is 0 Å². The second-order valence-electron chi connectivity index (χ2n) is 5.72. The molecular formula is C17H18N2O6S. The van der Waals surface area contributed by atoms with E-state index in [9.17, 15) is 13.2 Å². The van der Waals surface area contributed by atoms with Crippen molar-refractivity contribution in [3.05, 3.63) is 46.4 Å². The van der Waals surface area contributed by atoms with Crippen molar-refractivity contribution in [2.75, 3.05) is 18.9 Å². The Bertz CT molecular complexity index is 1120. The van der Waals surface area contributed by atoms with Gasteiger partial charge in [-0.3, -0.25) is 9.29 Å². The summed E-state index contributed by atoms with van der Waals surface area (Å²) in [5.74, 6) is 0.345. The molecule has 0 unspecified atom stereocenters. The summed E-state index contributed by atoms with van der Waals surface area (Å²) in [5, 5.41) is 0. The van der Waals surface area contributed by atoms with E-state index in [0.29, 0.717) is 33.8 Å². The second-order valence-corrected chi connectivity index (χ2v) is 7.37. The van der Waals surface area contributed by atoms with E-state index in [0.717, 1.165) is 0 Å². The van der Waals surface area contributed by atoms with Gasteiger partial charge in [-0.2, -0.15) is 0 Å². The molecule has 1 N–H and O–H groups in total. The third kappa shape index (κ3) is 3.13. The Morgan fingerprint density at radius 3 is 2.23 bits per heavy atom. The minimum Gasteiger partial charge on any atom is -0.497 e. The van der Waals surface area contributed by atoms with E-state index in [1.165, 1.54) is 38.0 Å². The predicted molar refractivity (Wildman–Crippen MR) is 96.5 cm³/mol. The number of hydrogen-bond donors (Lipinski definition) is 1. The quantitative estimate of drug-likeness (QED) is 0.731. The highest BCUT2D eigenvalue weighted by Gasteiger charge is 2.21. The van der Waals surface area contributed by atoms with Crippen LogP contribution in [-0.4, -0.2) is 27.2 Å². The van der Waals surface area contributed by atoms with Gasteiger partial charge < -0.3 is 13.9 Å². The van der Waals surface area contributed by atoms with Crippen molar-refractivity contribution in [1.29, 1.82) is 0 Å². The number of methoxy groups -OCH3 is 2. The number of ether oxygens (including phenoxy) is 2. The van der Waals surface area contributed by atoms with Crippen molar-refractivity contribution in [3.63, 3.8) is 0 Å². The van der Waals surface area contributed by atoms with Crippen LogP contribution in [-0.2, 0) is 17.1 Å². The summed E-state index contributed by atoms with van der Waals surface area (Å²) in [6.45, 7) is 1.63. The number of nitrogens with one attached hydrogen (secondary N) is 1. The summed E-state index contributed by atoms with van der Waals surface area (Å²) in [5.41, 5.74) is 1.47. The van der Waals surface area contributed by atoms with Crippen molar-refractivity contribution in [3.8, 4) is 11.5 Å². The SMILES string of the molecule is COc1cc(NS(=O)(=O)c2cc3c(cc2C)oc(=O)n3C)cc(OC)c1. The highest BCUT2D eigenvalue weighted by molar-refractivity contribution is 7.92. The minimum absolute atomic E-state index is 0.0446. The molecular weight excluding hydrogens is 360 g/mol. The lowest BCUT2D eigenvalue weighted by atomic mass is 10.2. The number of sulfonamides is 1. The van der Waals surface area contributed by atoms with Gasteiger partial charge in [0, 0.05) is 25.2 Å². The number of anilines is 1. The second kappa shape index (κ2) is 6.41. The van der Waals surface area contributed by atoms with Gasteiger partial charge in [0.25, 0.3) is 10.0 Å². The van der Waals surface area contributed by atoms with E-state index >= 15 is 0 Å². The van der Waals surface area contributed by atoms with Crippen LogP contribution in [0.5, 0.6) is 11.5 Å². The smallest absolute Gasteiger partial charge is 0.419 e. The number of rotatable bonds is 5.